The molecule has 2 unspecified atom stereocenters. The lowest BCUT2D eigenvalue weighted by Gasteiger charge is -2.19. The van der Waals surface area contributed by atoms with Crippen molar-refractivity contribution in [3.05, 3.63) is 65.2 Å². The first-order valence-corrected chi connectivity index (χ1v) is 8.30. The molecule has 1 fully saturated rings. The Bertz CT molecular complexity index is 862. The largest absolute Gasteiger partial charge is 0.481 e. The molecule has 2 atom stereocenters. The molecule has 0 aliphatic heterocycles. The Morgan fingerprint density at radius 2 is 1.77 bits per heavy atom. The third-order valence-electron chi connectivity index (χ3n) is 4.90. The molecule has 0 aromatic heterocycles. The van der Waals surface area contributed by atoms with Crippen LogP contribution in [0.25, 0.3) is 0 Å². The van der Waals surface area contributed by atoms with Gasteiger partial charge >= 0.3 is 5.97 Å². The molecule has 1 aliphatic rings. The number of carboxylic acids is 1. The lowest BCUT2D eigenvalue weighted by molar-refractivity contribution is -0.142. The molecule has 0 bridgehead atoms. The van der Waals surface area contributed by atoms with Crippen LogP contribution in [0.5, 0.6) is 0 Å². The monoisotopic (exact) mass is 359 g/mol. The summed E-state index contributed by atoms with van der Waals surface area (Å²) in [6.45, 7) is 3.21. The number of carboxylic acid groups (broad SMARTS) is 1. The average molecular weight is 359 g/mol. The Morgan fingerprint density at radius 1 is 1.12 bits per heavy atom. The number of carbonyl (C=O) groups is 2. The number of aliphatic carboxylic acids is 1. The molecular weight excluding hydrogens is 340 g/mol. The van der Waals surface area contributed by atoms with Crippen LogP contribution in [-0.2, 0) is 15.0 Å². The van der Waals surface area contributed by atoms with E-state index in [0.29, 0.717) is 23.2 Å². The predicted octanol–water partition coefficient (Wildman–Crippen LogP) is 4.07. The summed E-state index contributed by atoms with van der Waals surface area (Å²) < 4.78 is 26.8. The van der Waals surface area contributed by atoms with Gasteiger partial charge in [-0.15, -0.1) is 0 Å². The van der Waals surface area contributed by atoms with E-state index in [1.165, 1.54) is 12.1 Å². The van der Waals surface area contributed by atoms with E-state index < -0.39 is 23.0 Å². The van der Waals surface area contributed by atoms with Crippen molar-refractivity contribution >= 4 is 17.6 Å². The summed E-state index contributed by atoms with van der Waals surface area (Å²) in [6, 6.07) is 10.0. The first-order valence-electron chi connectivity index (χ1n) is 8.30. The summed E-state index contributed by atoms with van der Waals surface area (Å²) in [5.74, 6) is -3.05. The fraction of sp³-hybridized carbons (Fsp3) is 0.300. The number of hydrogen-bond acceptors (Lipinski definition) is 2. The fourth-order valence-corrected chi connectivity index (χ4v) is 2.96. The molecule has 136 valence electrons. The molecule has 1 saturated carbocycles. The number of anilines is 1. The lowest BCUT2D eigenvalue weighted by Crippen LogP contribution is -2.28. The van der Waals surface area contributed by atoms with Crippen molar-refractivity contribution in [1.29, 1.82) is 0 Å². The van der Waals surface area contributed by atoms with E-state index in [4.69, 9.17) is 0 Å². The van der Waals surface area contributed by atoms with Gasteiger partial charge in [-0.1, -0.05) is 18.2 Å². The Hall–Kier alpha value is -2.76. The highest BCUT2D eigenvalue weighted by atomic mass is 19.1. The van der Waals surface area contributed by atoms with Gasteiger partial charge in [0.2, 0.25) is 5.91 Å². The first kappa shape index (κ1) is 18.0. The average Bonchev–Trinajstić information content (AvgIpc) is 3.35. The molecule has 0 spiro atoms. The van der Waals surface area contributed by atoms with E-state index in [1.807, 2.05) is 0 Å². The molecule has 4 nitrogen and oxygen atoms in total. The van der Waals surface area contributed by atoms with Crippen LogP contribution in [0.1, 0.15) is 37.3 Å². The Labute approximate surface area is 149 Å². The van der Waals surface area contributed by atoms with Crippen molar-refractivity contribution < 1.29 is 23.5 Å². The predicted molar refractivity (Wildman–Crippen MR) is 92.9 cm³/mol. The topological polar surface area (TPSA) is 66.4 Å². The van der Waals surface area contributed by atoms with Gasteiger partial charge in [-0.05, 0) is 55.5 Å². The maximum absolute atomic E-state index is 13.8. The zero-order chi connectivity index (χ0) is 19.1. The quantitative estimate of drug-likeness (QED) is 0.846. The maximum Gasteiger partial charge on any atom is 0.313 e. The van der Waals surface area contributed by atoms with Gasteiger partial charge in [0.05, 0.1) is 5.41 Å². The Kier molecular flexibility index (Phi) is 4.52. The molecule has 2 aromatic carbocycles. The third-order valence-corrected chi connectivity index (χ3v) is 4.90. The second-order valence-corrected chi connectivity index (χ2v) is 7.11. The number of hydrogen-bond donors (Lipinski definition) is 2. The van der Waals surface area contributed by atoms with Gasteiger partial charge in [0.25, 0.3) is 0 Å². The normalized spacial score (nSPS) is 19.1. The Balaban J connectivity index is 1.65. The molecule has 0 radical (unpaired) electrons. The van der Waals surface area contributed by atoms with Gasteiger partial charge in [-0.25, -0.2) is 8.78 Å². The molecule has 1 aliphatic carbocycles. The summed E-state index contributed by atoms with van der Waals surface area (Å²) in [6.07, 6.45) is 0.512. The third kappa shape index (κ3) is 3.45. The van der Waals surface area contributed by atoms with Crippen LogP contribution in [0.2, 0.25) is 0 Å². The minimum absolute atomic E-state index is 0.232. The smallest absolute Gasteiger partial charge is 0.313 e. The molecule has 0 heterocycles. The van der Waals surface area contributed by atoms with Crippen molar-refractivity contribution in [2.24, 2.45) is 5.92 Å². The number of halogens is 2. The fourth-order valence-electron chi connectivity index (χ4n) is 2.96. The van der Waals surface area contributed by atoms with Crippen LogP contribution in [0.15, 0.2) is 42.5 Å². The molecule has 2 aromatic rings. The molecule has 0 saturated heterocycles. The van der Waals surface area contributed by atoms with Gasteiger partial charge in [0.15, 0.2) is 0 Å². The highest BCUT2D eigenvalue weighted by Gasteiger charge is 2.45. The maximum atomic E-state index is 13.8. The van der Waals surface area contributed by atoms with E-state index in [1.54, 1.807) is 38.1 Å². The number of nitrogens with one attached hydrogen (secondary N) is 1. The van der Waals surface area contributed by atoms with Crippen molar-refractivity contribution in [3.63, 3.8) is 0 Å². The molecule has 2 N–H and O–H groups in total. The molecule has 1 amide bonds. The molecule has 6 heteroatoms. The summed E-state index contributed by atoms with van der Waals surface area (Å²) in [5, 5.41) is 12.0. The van der Waals surface area contributed by atoms with Crippen LogP contribution < -0.4 is 5.32 Å². The van der Waals surface area contributed by atoms with Crippen LogP contribution in [0.3, 0.4) is 0 Å². The van der Waals surface area contributed by atoms with Crippen molar-refractivity contribution in [2.45, 2.75) is 31.6 Å². The standard InChI is InChI=1S/C20H19F2NO3/c1-20(2,19(25)26)11-3-6-13(7-4-11)23-18(24)16-10-15(16)14-8-5-12(21)9-17(14)22/h3-9,15-16H,10H2,1-2H3,(H,23,24)(H,25,26). The van der Waals surface area contributed by atoms with Gasteiger partial charge in [0, 0.05) is 17.7 Å². The van der Waals surface area contributed by atoms with Gasteiger partial charge in [-0.2, -0.15) is 0 Å². The summed E-state index contributed by atoms with van der Waals surface area (Å²) in [7, 11) is 0. The first-order chi connectivity index (χ1) is 12.2. The van der Waals surface area contributed by atoms with E-state index in [0.717, 1.165) is 6.07 Å². The molecule has 3 rings (SSSR count). The second-order valence-electron chi connectivity index (χ2n) is 7.11. The van der Waals surface area contributed by atoms with Crippen LogP contribution in [0.4, 0.5) is 14.5 Å². The number of carbonyl (C=O) groups excluding carboxylic acids is 1. The minimum Gasteiger partial charge on any atom is -0.481 e. The molecular formula is C20H19F2NO3. The van der Waals surface area contributed by atoms with Crippen LogP contribution >= 0.6 is 0 Å². The van der Waals surface area contributed by atoms with Gasteiger partial charge in [-0.3, -0.25) is 9.59 Å². The summed E-state index contributed by atoms with van der Waals surface area (Å²) >= 11 is 0. The van der Waals surface area contributed by atoms with E-state index in [-0.39, 0.29) is 17.7 Å². The van der Waals surface area contributed by atoms with E-state index in [9.17, 15) is 23.5 Å². The van der Waals surface area contributed by atoms with Crippen molar-refractivity contribution in [1.82, 2.24) is 0 Å². The number of rotatable bonds is 5. The summed E-state index contributed by atoms with van der Waals surface area (Å²) in [5.41, 5.74) is 0.500. The zero-order valence-corrected chi connectivity index (χ0v) is 14.4. The highest BCUT2D eigenvalue weighted by molar-refractivity contribution is 5.95. The van der Waals surface area contributed by atoms with Gasteiger partial charge in [0.1, 0.15) is 11.6 Å². The van der Waals surface area contributed by atoms with Crippen molar-refractivity contribution in [3.8, 4) is 0 Å². The lowest BCUT2D eigenvalue weighted by atomic mass is 9.85. The van der Waals surface area contributed by atoms with E-state index in [2.05, 4.69) is 5.32 Å². The van der Waals surface area contributed by atoms with Crippen molar-refractivity contribution in [2.75, 3.05) is 5.32 Å². The van der Waals surface area contributed by atoms with Crippen LogP contribution in [-0.4, -0.2) is 17.0 Å². The second kappa shape index (κ2) is 6.52. The number of amides is 1. The molecule has 26 heavy (non-hydrogen) atoms. The van der Waals surface area contributed by atoms with E-state index >= 15 is 0 Å². The summed E-state index contributed by atoms with van der Waals surface area (Å²) in [4.78, 5) is 23.6. The minimum atomic E-state index is -1.02. The number of benzene rings is 2. The Morgan fingerprint density at radius 3 is 2.35 bits per heavy atom. The zero-order valence-electron chi connectivity index (χ0n) is 14.4. The van der Waals surface area contributed by atoms with Gasteiger partial charge < -0.3 is 10.4 Å². The highest BCUT2D eigenvalue weighted by Crippen LogP contribution is 2.48. The SMILES string of the molecule is CC(C)(C(=O)O)c1ccc(NC(=O)C2CC2c2ccc(F)cc2F)cc1. The van der Waals surface area contributed by atoms with Crippen LogP contribution in [0, 0.1) is 17.6 Å².